The van der Waals surface area contributed by atoms with E-state index in [9.17, 15) is 30.4 Å². The van der Waals surface area contributed by atoms with Gasteiger partial charge in [-0.1, -0.05) is 12.1 Å². The number of aliphatic hydroxyl groups is 1. The molecular formula is C24H20F5NO4S. The maximum absolute atomic E-state index is 14.4. The summed E-state index contributed by atoms with van der Waals surface area (Å²) in [7, 11) is -4.51. The van der Waals surface area contributed by atoms with Gasteiger partial charge < -0.3 is 9.84 Å². The second-order valence-electron chi connectivity index (χ2n) is 7.97. The van der Waals surface area contributed by atoms with Gasteiger partial charge in [0, 0.05) is 12.2 Å². The van der Waals surface area contributed by atoms with Crippen molar-refractivity contribution in [2.75, 3.05) is 17.5 Å². The lowest BCUT2D eigenvalue weighted by Gasteiger charge is -2.36. The van der Waals surface area contributed by atoms with Crippen LogP contribution in [0.3, 0.4) is 0 Å². The SMILES string of the molecule is O=S(=O)(c1cccc(C(F)(F)F)c1)N1C[C@H](CCCO)Oc2ccc(-c3cc(F)ccc3F)cc21. The van der Waals surface area contributed by atoms with Crippen molar-refractivity contribution in [3.63, 3.8) is 0 Å². The number of aliphatic hydroxyl groups excluding tert-OH is 1. The van der Waals surface area contributed by atoms with E-state index in [1.54, 1.807) is 0 Å². The predicted molar refractivity (Wildman–Crippen MR) is 119 cm³/mol. The largest absolute Gasteiger partial charge is 0.486 e. The summed E-state index contributed by atoms with van der Waals surface area (Å²) in [5.74, 6) is -1.33. The van der Waals surface area contributed by atoms with Gasteiger partial charge in [-0.15, -0.1) is 0 Å². The van der Waals surface area contributed by atoms with Gasteiger partial charge in [0.25, 0.3) is 10.0 Å². The topological polar surface area (TPSA) is 66.8 Å². The molecule has 0 saturated heterocycles. The molecule has 1 aliphatic rings. The van der Waals surface area contributed by atoms with Gasteiger partial charge in [-0.2, -0.15) is 13.2 Å². The number of ether oxygens (including phenoxy) is 1. The van der Waals surface area contributed by atoms with Crippen molar-refractivity contribution in [2.24, 2.45) is 0 Å². The Hall–Kier alpha value is -3.18. The van der Waals surface area contributed by atoms with Gasteiger partial charge in [0.05, 0.1) is 22.7 Å². The van der Waals surface area contributed by atoms with Crippen LogP contribution in [0.25, 0.3) is 11.1 Å². The van der Waals surface area contributed by atoms with Crippen LogP contribution in [-0.4, -0.2) is 32.8 Å². The number of hydrogen-bond acceptors (Lipinski definition) is 4. The molecule has 1 heterocycles. The minimum Gasteiger partial charge on any atom is -0.486 e. The zero-order chi connectivity index (χ0) is 25.4. The van der Waals surface area contributed by atoms with Gasteiger partial charge in [-0.3, -0.25) is 4.31 Å². The number of anilines is 1. The Morgan fingerprint density at radius 3 is 2.51 bits per heavy atom. The fourth-order valence-corrected chi connectivity index (χ4v) is 5.40. The lowest BCUT2D eigenvalue weighted by Crippen LogP contribution is -2.43. The fraction of sp³-hybridized carbons (Fsp3) is 0.250. The van der Waals surface area contributed by atoms with Crippen LogP contribution in [0.4, 0.5) is 27.6 Å². The minimum atomic E-state index is -4.75. The van der Waals surface area contributed by atoms with E-state index in [0.717, 1.165) is 40.7 Å². The molecule has 3 aromatic carbocycles. The van der Waals surface area contributed by atoms with E-state index in [0.29, 0.717) is 12.5 Å². The van der Waals surface area contributed by atoms with Crippen LogP contribution in [0.1, 0.15) is 18.4 Å². The third-order valence-corrected chi connectivity index (χ3v) is 7.34. The third kappa shape index (κ3) is 5.10. The van der Waals surface area contributed by atoms with E-state index < -0.39 is 44.4 Å². The van der Waals surface area contributed by atoms with Crippen LogP contribution < -0.4 is 9.04 Å². The lowest BCUT2D eigenvalue weighted by molar-refractivity contribution is -0.137. The molecule has 0 fully saturated rings. The fourth-order valence-electron chi connectivity index (χ4n) is 3.86. The second kappa shape index (κ2) is 9.46. The summed E-state index contributed by atoms with van der Waals surface area (Å²) in [4.78, 5) is -0.580. The number of alkyl halides is 3. The van der Waals surface area contributed by atoms with Crippen LogP contribution in [0, 0.1) is 11.6 Å². The first kappa shape index (κ1) is 24.9. The van der Waals surface area contributed by atoms with E-state index in [4.69, 9.17) is 9.84 Å². The molecule has 186 valence electrons. The van der Waals surface area contributed by atoms with Crippen molar-refractivity contribution >= 4 is 15.7 Å². The minimum absolute atomic E-state index is 0.0242. The smallest absolute Gasteiger partial charge is 0.416 e. The number of rotatable bonds is 6. The highest BCUT2D eigenvalue weighted by Crippen LogP contribution is 2.41. The maximum atomic E-state index is 14.4. The number of benzene rings is 3. The average molecular weight is 513 g/mol. The van der Waals surface area contributed by atoms with Crippen LogP contribution >= 0.6 is 0 Å². The van der Waals surface area contributed by atoms with Crippen LogP contribution in [0.5, 0.6) is 5.75 Å². The quantitative estimate of drug-likeness (QED) is 0.450. The summed E-state index contributed by atoms with van der Waals surface area (Å²) in [5.41, 5.74) is -1.11. The number of nitrogens with zero attached hydrogens (tertiary/aromatic N) is 1. The van der Waals surface area contributed by atoms with Crippen LogP contribution in [0.2, 0.25) is 0 Å². The summed E-state index contributed by atoms with van der Waals surface area (Å²) in [6.07, 6.45) is -4.85. The Morgan fingerprint density at radius 2 is 1.80 bits per heavy atom. The summed E-state index contributed by atoms with van der Waals surface area (Å²) in [6, 6.07) is 10.3. The zero-order valence-corrected chi connectivity index (χ0v) is 18.9. The van der Waals surface area contributed by atoms with Crippen LogP contribution in [-0.2, 0) is 16.2 Å². The average Bonchev–Trinajstić information content (AvgIpc) is 2.83. The molecule has 0 saturated carbocycles. The molecule has 0 bridgehead atoms. The highest BCUT2D eigenvalue weighted by atomic mass is 32.2. The Kier molecular flexibility index (Phi) is 6.74. The molecular weight excluding hydrogens is 493 g/mol. The van der Waals surface area contributed by atoms with E-state index in [1.807, 2.05) is 0 Å². The predicted octanol–water partition coefficient (Wildman–Crippen LogP) is 5.38. The molecule has 0 spiro atoms. The Morgan fingerprint density at radius 1 is 1.03 bits per heavy atom. The van der Waals surface area contributed by atoms with Gasteiger partial charge >= 0.3 is 6.18 Å². The highest BCUT2D eigenvalue weighted by molar-refractivity contribution is 7.92. The van der Waals surface area contributed by atoms with Crippen molar-refractivity contribution in [1.82, 2.24) is 0 Å². The standard InChI is InChI=1S/C24H20F5NO4S/c25-17-7-8-21(26)20(13-17)15-6-9-23-22(11-15)30(14-18(34-23)4-2-10-31)35(32,33)19-5-1-3-16(12-19)24(27,28)29/h1,3,5-9,11-13,18,31H,2,4,10,14H2/t18-/m0/s1. The molecule has 1 N–H and O–H groups in total. The molecule has 5 nitrogen and oxygen atoms in total. The van der Waals surface area contributed by atoms with E-state index in [1.165, 1.54) is 18.2 Å². The van der Waals surface area contributed by atoms with Crippen molar-refractivity contribution in [3.05, 3.63) is 77.9 Å². The van der Waals surface area contributed by atoms with Crippen molar-refractivity contribution in [2.45, 2.75) is 30.0 Å². The Bertz CT molecular complexity index is 1340. The summed E-state index contributed by atoms with van der Waals surface area (Å²) in [6.45, 7) is -0.411. The Balaban J connectivity index is 1.84. The first-order valence-corrected chi connectivity index (χ1v) is 12.0. The molecule has 0 radical (unpaired) electrons. The summed E-state index contributed by atoms with van der Waals surface area (Å²) >= 11 is 0. The van der Waals surface area contributed by atoms with Crippen molar-refractivity contribution < 1.29 is 40.2 Å². The summed E-state index contributed by atoms with van der Waals surface area (Å²) in [5, 5.41) is 9.15. The van der Waals surface area contributed by atoms with Gasteiger partial charge in [0.15, 0.2) is 0 Å². The third-order valence-electron chi connectivity index (χ3n) is 5.56. The molecule has 4 rings (SSSR count). The van der Waals surface area contributed by atoms with Gasteiger partial charge in [0.1, 0.15) is 23.5 Å². The van der Waals surface area contributed by atoms with Crippen molar-refractivity contribution in [1.29, 1.82) is 0 Å². The molecule has 0 aromatic heterocycles. The molecule has 0 aliphatic carbocycles. The number of fused-ring (bicyclic) bond motifs is 1. The molecule has 0 unspecified atom stereocenters. The normalized spacial score (nSPS) is 16.1. The molecule has 35 heavy (non-hydrogen) atoms. The highest BCUT2D eigenvalue weighted by Gasteiger charge is 2.37. The molecule has 1 aliphatic heterocycles. The Labute approximate surface area is 198 Å². The van der Waals surface area contributed by atoms with Crippen molar-refractivity contribution in [3.8, 4) is 16.9 Å². The molecule has 3 aromatic rings. The van der Waals surface area contributed by atoms with Gasteiger partial charge in [0.2, 0.25) is 0 Å². The van der Waals surface area contributed by atoms with Crippen LogP contribution in [0.15, 0.2) is 65.6 Å². The number of hydrogen-bond donors (Lipinski definition) is 1. The molecule has 11 heteroatoms. The van der Waals surface area contributed by atoms with E-state index in [2.05, 4.69) is 0 Å². The zero-order valence-electron chi connectivity index (χ0n) is 18.1. The lowest BCUT2D eigenvalue weighted by atomic mass is 10.0. The maximum Gasteiger partial charge on any atom is 0.416 e. The van der Waals surface area contributed by atoms with Gasteiger partial charge in [-0.25, -0.2) is 17.2 Å². The number of halogens is 5. The van der Waals surface area contributed by atoms with E-state index >= 15 is 0 Å². The number of sulfonamides is 1. The monoisotopic (exact) mass is 513 g/mol. The second-order valence-corrected chi connectivity index (χ2v) is 9.84. The van der Waals surface area contributed by atoms with Gasteiger partial charge in [-0.05, 0) is 66.9 Å². The first-order valence-electron chi connectivity index (χ1n) is 10.6. The summed E-state index contributed by atoms with van der Waals surface area (Å²) < 4.78 is 102. The van der Waals surface area contributed by atoms with E-state index in [-0.39, 0.29) is 42.1 Å². The first-order chi connectivity index (χ1) is 16.5. The molecule has 0 amide bonds. The molecule has 1 atom stereocenters.